The molecule has 2 nitrogen and oxygen atoms in total. The third kappa shape index (κ3) is 3.20. The van der Waals surface area contributed by atoms with Crippen LogP contribution in [0, 0.1) is 5.82 Å². The van der Waals surface area contributed by atoms with Crippen molar-refractivity contribution >= 4 is 28.3 Å². The van der Waals surface area contributed by atoms with E-state index in [2.05, 4.69) is 15.9 Å². The smallest absolute Gasteiger partial charge is 0.129 e. The molecular weight excluding hydrogens is 272 g/mol. The molecule has 0 aliphatic carbocycles. The lowest BCUT2D eigenvalue weighted by Gasteiger charge is -2.12. The van der Waals surface area contributed by atoms with Crippen LogP contribution in [0.4, 0.5) is 4.39 Å². The maximum absolute atomic E-state index is 13.2. The fourth-order valence-corrected chi connectivity index (χ4v) is 1.78. The van der Waals surface area contributed by atoms with Crippen LogP contribution in [0.3, 0.4) is 0 Å². The molecule has 0 bridgehead atoms. The van der Waals surface area contributed by atoms with Crippen molar-refractivity contribution in [2.45, 2.75) is 12.5 Å². The molecule has 1 rings (SSSR count). The Morgan fingerprint density at radius 2 is 2.14 bits per heavy atom. The van der Waals surface area contributed by atoms with Gasteiger partial charge in [0.15, 0.2) is 0 Å². The summed E-state index contributed by atoms with van der Waals surface area (Å²) in [7, 11) is 0. The fraction of sp³-hybridized carbons (Fsp3) is 0.333. The second-order valence-electron chi connectivity index (χ2n) is 2.75. The first kappa shape index (κ1) is 13.8. The monoisotopic (exact) mass is 283 g/mol. The number of nitrogens with two attached hydrogens (primary N) is 1. The predicted octanol–water partition coefficient (Wildman–Crippen LogP) is 2.39. The van der Waals surface area contributed by atoms with E-state index in [1.54, 1.807) is 12.1 Å². The Labute approximate surface area is 96.8 Å². The van der Waals surface area contributed by atoms with Crippen LogP contribution in [-0.4, -0.2) is 11.7 Å². The summed E-state index contributed by atoms with van der Waals surface area (Å²) in [6.45, 7) is -0.0397. The molecule has 3 N–H and O–H groups in total. The number of hydrogen-bond acceptors (Lipinski definition) is 2. The zero-order valence-corrected chi connectivity index (χ0v) is 9.81. The summed E-state index contributed by atoms with van der Waals surface area (Å²) in [5, 5.41) is 8.66. The van der Waals surface area contributed by atoms with Gasteiger partial charge in [0.2, 0.25) is 0 Å². The lowest BCUT2D eigenvalue weighted by Crippen LogP contribution is -2.14. The molecule has 0 heterocycles. The highest BCUT2D eigenvalue weighted by Crippen LogP contribution is 2.26. The fourth-order valence-electron chi connectivity index (χ4n) is 1.15. The Hall–Kier alpha value is -0.160. The molecule has 80 valence electrons. The Kier molecular flexibility index (Phi) is 6.27. The van der Waals surface area contributed by atoms with Crippen LogP contribution < -0.4 is 5.73 Å². The van der Waals surface area contributed by atoms with Crippen LogP contribution in [0.1, 0.15) is 18.0 Å². The average molecular weight is 285 g/mol. The van der Waals surface area contributed by atoms with E-state index in [1.165, 1.54) is 6.07 Å². The first-order valence-electron chi connectivity index (χ1n) is 3.97. The molecule has 14 heavy (non-hydrogen) atoms. The van der Waals surface area contributed by atoms with Crippen molar-refractivity contribution in [3.05, 3.63) is 34.1 Å². The van der Waals surface area contributed by atoms with Crippen molar-refractivity contribution in [2.75, 3.05) is 6.61 Å². The van der Waals surface area contributed by atoms with Gasteiger partial charge in [-0.2, -0.15) is 0 Å². The van der Waals surface area contributed by atoms with E-state index in [1.807, 2.05) is 0 Å². The highest BCUT2D eigenvalue weighted by atomic mass is 79.9. The highest BCUT2D eigenvalue weighted by molar-refractivity contribution is 9.10. The lowest BCUT2D eigenvalue weighted by atomic mass is 10.0. The van der Waals surface area contributed by atoms with Gasteiger partial charge in [0.1, 0.15) is 5.82 Å². The van der Waals surface area contributed by atoms with Gasteiger partial charge in [-0.05, 0) is 18.6 Å². The molecule has 0 spiro atoms. The molecule has 1 aromatic rings. The standard InChI is InChI=1S/C9H11BrFNO.ClH/c10-6-2-1-3-7(11)9(6)8(12)4-5-13;/h1-3,8,13H,4-5,12H2;1H/t8-;/m0./s1. The van der Waals surface area contributed by atoms with Crippen LogP contribution in [0.15, 0.2) is 22.7 Å². The summed E-state index contributed by atoms with van der Waals surface area (Å²) < 4.78 is 13.9. The van der Waals surface area contributed by atoms with E-state index in [0.29, 0.717) is 16.5 Å². The summed E-state index contributed by atoms with van der Waals surface area (Å²) in [6, 6.07) is 4.24. The summed E-state index contributed by atoms with van der Waals surface area (Å²) in [4.78, 5) is 0. The number of halogens is 3. The second kappa shape index (κ2) is 6.35. The molecule has 0 saturated heterocycles. The van der Waals surface area contributed by atoms with Gasteiger partial charge in [-0.3, -0.25) is 0 Å². The van der Waals surface area contributed by atoms with E-state index >= 15 is 0 Å². The quantitative estimate of drug-likeness (QED) is 0.895. The minimum absolute atomic E-state index is 0. The zero-order valence-electron chi connectivity index (χ0n) is 7.41. The SMILES string of the molecule is Cl.N[C@@H](CCO)c1c(F)cccc1Br. The Morgan fingerprint density at radius 1 is 1.50 bits per heavy atom. The van der Waals surface area contributed by atoms with Crippen LogP contribution in [0.25, 0.3) is 0 Å². The number of rotatable bonds is 3. The largest absolute Gasteiger partial charge is 0.396 e. The van der Waals surface area contributed by atoms with Crippen LogP contribution >= 0.6 is 28.3 Å². The van der Waals surface area contributed by atoms with Crippen LogP contribution in [0.5, 0.6) is 0 Å². The lowest BCUT2D eigenvalue weighted by molar-refractivity contribution is 0.275. The summed E-state index contributed by atoms with van der Waals surface area (Å²) >= 11 is 3.22. The predicted molar refractivity (Wildman–Crippen MR) is 60.0 cm³/mol. The Balaban J connectivity index is 0.00000169. The molecule has 0 aliphatic rings. The molecule has 0 unspecified atom stereocenters. The van der Waals surface area contributed by atoms with E-state index in [9.17, 15) is 4.39 Å². The van der Waals surface area contributed by atoms with Gasteiger partial charge in [0.25, 0.3) is 0 Å². The van der Waals surface area contributed by atoms with Crippen LogP contribution in [0.2, 0.25) is 0 Å². The topological polar surface area (TPSA) is 46.2 Å². The van der Waals surface area contributed by atoms with Gasteiger partial charge in [0, 0.05) is 22.7 Å². The van der Waals surface area contributed by atoms with Crippen molar-refractivity contribution < 1.29 is 9.50 Å². The number of hydrogen-bond donors (Lipinski definition) is 2. The minimum Gasteiger partial charge on any atom is -0.396 e. The molecule has 5 heteroatoms. The first-order chi connectivity index (χ1) is 6.16. The van der Waals surface area contributed by atoms with Gasteiger partial charge in [0.05, 0.1) is 0 Å². The summed E-state index contributed by atoms with van der Waals surface area (Å²) in [5.74, 6) is -0.338. The molecule has 0 aliphatic heterocycles. The Morgan fingerprint density at radius 3 is 2.64 bits per heavy atom. The maximum atomic E-state index is 13.2. The molecule has 1 aromatic carbocycles. The van der Waals surface area contributed by atoms with E-state index in [4.69, 9.17) is 10.8 Å². The Bertz CT molecular complexity index is 278. The zero-order chi connectivity index (χ0) is 9.84. The molecule has 0 fully saturated rings. The number of aliphatic hydroxyl groups excluding tert-OH is 1. The molecule has 1 atom stereocenters. The molecule has 0 saturated carbocycles. The van der Waals surface area contributed by atoms with Crippen molar-refractivity contribution in [3.8, 4) is 0 Å². The first-order valence-corrected chi connectivity index (χ1v) is 4.76. The van der Waals surface area contributed by atoms with Crippen molar-refractivity contribution in [1.29, 1.82) is 0 Å². The van der Waals surface area contributed by atoms with Gasteiger partial charge < -0.3 is 10.8 Å². The number of aliphatic hydroxyl groups is 1. The molecule has 0 amide bonds. The summed E-state index contributed by atoms with van der Waals surface area (Å²) in [5.41, 5.74) is 6.10. The third-order valence-electron chi connectivity index (χ3n) is 1.81. The van der Waals surface area contributed by atoms with Gasteiger partial charge in [-0.1, -0.05) is 22.0 Å². The molecule has 0 aromatic heterocycles. The van der Waals surface area contributed by atoms with Crippen molar-refractivity contribution in [3.63, 3.8) is 0 Å². The van der Waals surface area contributed by atoms with Crippen LogP contribution in [-0.2, 0) is 0 Å². The molecular formula is C9H12BrClFNO. The van der Waals surface area contributed by atoms with Crippen molar-refractivity contribution in [2.24, 2.45) is 5.73 Å². The van der Waals surface area contributed by atoms with E-state index in [-0.39, 0.29) is 24.8 Å². The summed E-state index contributed by atoms with van der Waals surface area (Å²) in [6.07, 6.45) is 0.361. The average Bonchev–Trinajstić information content (AvgIpc) is 2.04. The third-order valence-corrected chi connectivity index (χ3v) is 2.50. The molecule has 0 radical (unpaired) electrons. The highest BCUT2D eigenvalue weighted by Gasteiger charge is 2.13. The minimum atomic E-state index is -0.458. The van der Waals surface area contributed by atoms with Crippen molar-refractivity contribution in [1.82, 2.24) is 0 Å². The van der Waals surface area contributed by atoms with Gasteiger partial charge in [-0.25, -0.2) is 4.39 Å². The van der Waals surface area contributed by atoms with E-state index < -0.39 is 6.04 Å². The maximum Gasteiger partial charge on any atom is 0.129 e. The van der Waals surface area contributed by atoms with Gasteiger partial charge in [-0.15, -0.1) is 12.4 Å². The second-order valence-corrected chi connectivity index (χ2v) is 3.61. The normalized spacial score (nSPS) is 12.0. The van der Waals surface area contributed by atoms with Gasteiger partial charge >= 0.3 is 0 Å². The van der Waals surface area contributed by atoms with E-state index in [0.717, 1.165) is 0 Å². The number of benzene rings is 1.